The van der Waals surface area contributed by atoms with Crippen molar-refractivity contribution in [3.8, 4) is 0 Å². The zero-order valence-electron chi connectivity index (χ0n) is 9.92. The number of nitro benzene ring substituents is 1. The van der Waals surface area contributed by atoms with Gasteiger partial charge in [-0.15, -0.1) is 0 Å². The normalized spacial score (nSPS) is 11.7. The van der Waals surface area contributed by atoms with Crippen molar-refractivity contribution in [1.29, 1.82) is 0 Å². The van der Waals surface area contributed by atoms with E-state index in [0.717, 1.165) is 0 Å². The van der Waals surface area contributed by atoms with Crippen LogP contribution in [0.3, 0.4) is 0 Å². The predicted octanol–water partition coefficient (Wildman–Crippen LogP) is 1.84. The molecule has 8 heteroatoms. The van der Waals surface area contributed by atoms with Gasteiger partial charge in [0, 0.05) is 6.04 Å². The van der Waals surface area contributed by atoms with Crippen LogP contribution in [0.25, 0.3) is 0 Å². The second kappa shape index (κ2) is 6.14. The summed E-state index contributed by atoms with van der Waals surface area (Å²) >= 11 is 5.67. The first kappa shape index (κ1) is 14.9. The molecule has 7 nitrogen and oxygen atoms in total. The van der Waals surface area contributed by atoms with Crippen molar-refractivity contribution in [2.45, 2.75) is 19.4 Å². The van der Waals surface area contributed by atoms with Crippen LogP contribution in [0.1, 0.15) is 23.7 Å². The third-order valence-corrected chi connectivity index (χ3v) is 2.58. The average Bonchev–Trinajstić information content (AvgIpc) is 2.26. The molecule has 19 heavy (non-hydrogen) atoms. The number of nitrogens with one attached hydrogen (secondary N) is 1. The van der Waals surface area contributed by atoms with E-state index in [1.165, 1.54) is 25.1 Å². The number of hydrogen-bond donors (Lipinski definition) is 2. The van der Waals surface area contributed by atoms with Gasteiger partial charge in [-0.3, -0.25) is 19.7 Å². The van der Waals surface area contributed by atoms with Crippen LogP contribution < -0.4 is 5.32 Å². The second-order valence-corrected chi connectivity index (χ2v) is 4.27. The SMILES string of the molecule is CC(CC(=O)O)NC(=O)c1cccc(Cl)c1[N+](=O)[O-]. The third kappa shape index (κ3) is 3.92. The van der Waals surface area contributed by atoms with Gasteiger partial charge in [0.2, 0.25) is 0 Å². The largest absolute Gasteiger partial charge is 0.481 e. The summed E-state index contributed by atoms with van der Waals surface area (Å²) in [5, 5.41) is 21.6. The van der Waals surface area contributed by atoms with E-state index in [1.54, 1.807) is 0 Å². The van der Waals surface area contributed by atoms with Crippen LogP contribution in [0.4, 0.5) is 5.69 Å². The Hall–Kier alpha value is -2.15. The minimum atomic E-state index is -1.08. The second-order valence-electron chi connectivity index (χ2n) is 3.87. The molecule has 0 radical (unpaired) electrons. The number of hydrogen-bond acceptors (Lipinski definition) is 4. The molecule has 0 saturated heterocycles. The molecule has 1 rings (SSSR count). The fourth-order valence-electron chi connectivity index (χ4n) is 1.50. The number of rotatable bonds is 5. The molecule has 1 atom stereocenters. The Morgan fingerprint density at radius 2 is 2.16 bits per heavy atom. The van der Waals surface area contributed by atoms with Crippen LogP contribution in [-0.4, -0.2) is 27.9 Å². The third-order valence-electron chi connectivity index (χ3n) is 2.27. The minimum Gasteiger partial charge on any atom is -0.481 e. The number of para-hydroxylation sites is 1. The summed E-state index contributed by atoms with van der Waals surface area (Å²) in [6.45, 7) is 1.49. The first-order chi connectivity index (χ1) is 8.82. The van der Waals surface area contributed by atoms with Crippen LogP contribution in [-0.2, 0) is 4.79 Å². The molecule has 102 valence electrons. The maximum atomic E-state index is 11.8. The molecule has 0 heterocycles. The lowest BCUT2D eigenvalue weighted by molar-refractivity contribution is -0.385. The predicted molar refractivity (Wildman–Crippen MR) is 67.3 cm³/mol. The van der Waals surface area contributed by atoms with Crippen molar-refractivity contribution in [2.75, 3.05) is 0 Å². The summed E-state index contributed by atoms with van der Waals surface area (Å²) in [5.74, 6) is -1.81. The summed E-state index contributed by atoms with van der Waals surface area (Å²) in [6, 6.07) is 3.32. The maximum absolute atomic E-state index is 11.8. The Balaban J connectivity index is 2.97. The van der Waals surface area contributed by atoms with Gasteiger partial charge in [-0.25, -0.2) is 0 Å². The average molecular weight is 287 g/mol. The van der Waals surface area contributed by atoms with E-state index < -0.39 is 28.5 Å². The van der Waals surface area contributed by atoms with Crippen molar-refractivity contribution >= 4 is 29.2 Å². The Morgan fingerprint density at radius 3 is 2.68 bits per heavy atom. The molecule has 1 unspecified atom stereocenters. The van der Waals surface area contributed by atoms with Gasteiger partial charge in [0.1, 0.15) is 10.6 Å². The lowest BCUT2D eigenvalue weighted by Crippen LogP contribution is -2.34. The number of nitro groups is 1. The number of carboxylic acid groups (broad SMARTS) is 1. The molecule has 0 aliphatic rings. The van der Waals surface area contributed by atoms with E-state index in [4.69, 9.17) is 16.7 Å². The molecule has 2 N–H and O–H groups in total. The van der Waals surface area contributed by atoms with E-state index in [9.17, 15) is 19.7 Å². The van der Waals surface area contributed by atoms with Crippen molar-refractivity contribution in [2.24, 2.45) is 0 Å². The smallest absolute Gasteiger partial charge is 0.305 e. The monoisotopic (exact) mass is 286 g/mol. The number of benzene rings is 1. The molecular weight excluding hydrogens is 276 g/mol. The molecule has 0 bridgehead atoms. The highest BCUT2D eigenvalue weighted by molar-refractivity contribution is 6.33. The molecule has 0 saturated carbocycles. The number of carbonyl (C=O) groups excluding carboxylic acids is 1. The number of carboxylic acids is 1. The lowest BCUT2D eigenvalue weighted by atomic mass is 10.1. The first-order valence-corrected chi connectivity index (χ1v) is 5.66. The van der Waals surface area contributed by atoms with Gasteiger partial charge >= 0.3 is 11.7 Å². The Kier molecular flexibility index (Phi) is 4.82. The van der Waals surface area contributed by atoms with Crippen molar-refractivity contribution in [1.82, 2.24) is 5.32 Å². The molecule has 0 aromatic heterocycles. The van der Waals surface area contributed by atoms with Crippen LogP contribution >= 0.6 is 11.6 Å². The Labute approximate surface area is 113 Å². The fraction of sp³-hybridized carbons (Fsp3) is 0.273. The minimum absolute atomic E-state index is 0.150. The van der Waals surface area contributed by atoms with Crippen LogP contribution in [0, 0.1) is 10.1 Å². The highest BCUT2D eigenvalue weighted by atomic mass is 35.5. The van der Waals surface area contributed by atoms with Gasteiger partial charge in [-0.05, 0) is 19.1 Å². The molecule has 0 aliphatic heterocycles. The zero-order valence-corrected chi connectivity index (χ0v) is 10.7. The highest BCUT2D eigenvalue weighted by Gasteiger charge is 2.24. The molecule has 1 aromatic rings. The summed E-state index contributed by atoms with van der Waals surface area (Å²) in [5.41, 5.74) is -0.695. The summed E-state index contributed by atoms with van der Waals surface area (Å²) in [4.78, 5) is 32.4. The summed E-state index contributed by atoms with van der Waals surface area (Å²) in [6.07, 6.45) is -0.278. The van der Waals surface area contributed by atoms with Gasteiger partial charge < -0.3 is 10.4 Å². The van der Waals surface area contributed by atoms with Crippen molar-refractivity contribution < 1.29 is 19.6 Å². The van der Waals surface area contributed by atoms with Gasteiger partial charge in [0.15, 0.2) is 0 Å². The summed E-state index contributed by atoms with van der Waals surface area (Å²) < 4.78 is 0. The number of aliphatic carboxylic acids is 1. The van der Waals surface area contributed by atoms with Gasteiger partial charge in [-0.2, -0.15) is 0 Å². The quantitative estimate of drug-likeness (QED) is 0.634. The molecule has 0 spiro atoms. The summed E-state index contributed by atoms with van der Waals surface area (Å²) in [7, 11) is 0. The molecule has 1 aromatic carbocycles. The Morgan fingerprint density at radius 1 is 1.53 bits per heavy atom. The van der Waals surface area contributed by atoms with Crippen LogP contribution in [0.5, 0.6) is 0 Å². The lowest BCUT2D eigenvalue weighted by Gasteiger charge is -2.11. The van der Waals surface area contributed by atoms with Gasteiger partial charge in [0.25, 0.3) is 5.91 Å². The highest BCUT2D eigenvalue weighted by Crippen LogP contribution is 2.28. The zero-order chi connectivity index (χ0) is 14.6. The topological polar surface area (TPSA) is 110 Å². The number of amides is 1. The van der Waals surface area contributed by atoms with Crippen LogP contribution in [0.2, 0.25) is 5.02 Å². The van der Waals surface area contributed by atoms with E-state index in [1.807, 2.05) is 0 Å². The number of carbonyl (C=O) groups is 2. The maximum Gasteiger partial charge on any atom is 0.305 e. The van der Waals surface area contributed by atoms with Crippen LogP contribution in [0.15, 0.2) is 18.2 Å². The van der Waals surface area contributed by atoms with Crippen molar-refractivity contribution in [3.63, 3.8) is 0 Å². The number of nitrogens with zero attached hydrogens (tertiary/aromatic N) is 1. The fourth-order valence-corrected chi connectivity index (χ4v) is 1.74. The molecular formula is C11H11ClN2O5. The molecule has 1 amide bonds. The first-order valence-electron chi connectivity index (χ1n) is 5.28. The number of halogens is 1. The van der Waals surface area contributed by atoms with E-state index in [0.29, 0.717) is 0 Å². The van der Waals surface area contributed by atoms with E-state index in [2.05, 4.69) is 5.32 Å². The standard InChI is InChI=1S/C11H11ClN2O5/c1-6(5-9(15)16)13-11(17)7-3-2-4-8(12)10(7)14(18)19/h2-4,6H,5H2,1H3,(H,13,17)(H,15,16). The molecule has 0 aliphatic carbocycles. The van der Waals surface area contributed by atoms with E-state index >= 15 is 0 Å². The molecule has 0 fully saturated rings. The van der Waals surface area contributed by atoms with Crippen molar-refractivity contribution in [3.05, 3.63) is 38.9 Å². The van der Waals surface area contributed by atoms with E-state index in [-0.39, 0.29) is 17.0 Å². The van der Waals surface area contributed by atoms with Gasteiger partial charge in [0.05, 0.1) is 11.3 Å². The van der Waals surface area contributed by atoms with Gasteiger partial charge in [-0.1, -0.05) is 17.7 Å². The Bertz CT molecular complexity index is 532.